The Morgan fingerprint density at radius 2 is 2.00 bits per heavy atom. The summed E-state index contributed by atoms with van der Waals surface area (Å²) in [5, 5.41) is 0. The standard InChI is InChI=1S/C11H15BrFN/c1-7(14)11(2,3)9-5-4-8(12)6-10(9)13/h4-7H,14H2,1-3H3. The Morgan fingerprint density at radius 1 is 1.43 bits per heavy atom. The molecule has 1 nitrogen and oxygen atoms in total. The fourth-order valence-corrected chi connectivity index (χ4v) is 1.59. The highest BCUT2D eigenvalue weighted by Gasteiger charge is 2.28. The molecule has 1 unspecified atom stereocenters. The molecule has 1 rings (SSSR count). The summed E-state index contributed by atoms with van der Waals surface area (Å²) >= 11 is 3.23. The predicted molar refractivity (Wildman–Crippen MR) is 60.8 cm³/mol. The van der Waals surface area contributed by atoms with Crippen LogP contribution >= 0.6 is 15.9 Å². The lowest BCUT2D eigenvalue weighted by Crippen LogP contribution is -2.38. The fourth-order valence-electron chi connectivity index (χ4n) is 1.26. The number of hydrogen-bond acceptors (Lipinski definition) is 1. The highest BCUT2D eigenvalue weighted by molar-refractivity contribution is 9.10. The van der Waals surface area contributed by atoms with Gasteiger partial charge in [0.05, 0.1) is 0 Å². The summed E-state index contributed by atoms with van der Waals surface area (Å²) in [5.74, 6) is -0.207. The van der Waals surface area contributed by atoms with E-state index in [0.717, 1.165) is 4.47 Å². The molecular formula is C11H15BrFN. The van der Waals surface area contributed by atoms with Gasteiger partial charge in [-0.3, -0.25) is 0 Å². The van der Waals surface area contributed by atoms with Crippen LogP contribution in [0.5, 0.6) is 0 Å². The fraction of sp³-hybridized carbons (Fsp3) is 0.455. The maximum Gasteiger partial charge on any atom is 0.128 e. The van der Waals surface area contributed by atoms with Crippen molar-refractivity contribution in [2.75, 3.05) is 0 Å². The number of halogens is 2. The lowest BCUT2D eigenvalue weighted by Gasteiger charge is -2.30. The minimum absolute atomic E-state index is 0.0850. The van der Waals surface area contributed by atoms with Gasteiger partial charge in [-0.05, 0) is 24.6 Å². The third-order valence-corrected chi connectivity index (χ3v) is 3.26. The van der Waals surface area contributed by atoms with Gasteiger partial charge in [0.1, 0.15) is 5.82 Å². The van der Waals surface area contributed by atoms with Crippen molar-refractivity contribution >= 4 is 15.9 Å². The van der Waals surface area contributed by atoms with Crippen molar-refractivity contribution in [3.8, 4) is 0 Å². The normalized spacial score (nSPS) is 14.1. The van der Waals surface area contributed by atoms with E-state index in [1.54, 1.807) is 6.07 Å². The van der Waals surface area contributed by atoms with Crippen LogP contribution in [0.1, 0.15) is 26.3 Å². The molecule has 0 aliphatic rings. The van der Waals surface area contributed by atoms with Gasteiger partial charge in [-0.2, -0.15) is 0 Å². The average molecular weight is 260 g/mol. The molecule has 0 aliphatic carbocycles. The van der Waals surface area contributed by atoms with Gasteiger partial charge in [0.25, 0.3) is 0 Å². The second kappa shape index (κ2) is 3.99. The monoisotopic (exact) mass is 259 g/mol. The first-order chi connectivity index (χ1) is 6.35. The van der Waals surface area contributed by atoms with Crippen molar-refractivity contribution in [1.82, 2.24) is 0 Å². The molecule has 14 heavy (non-hydrogen) atoms. The molecule has 78 valence electrons. The van der Waals surface area contributed by atoms with E-state index in [-0.39, 0.29) is 17.3 Å². The molecule has 0 aromatic heterocycles. The Hall–Kier alpha value is -0.410. The van der Waals surface area contributed by atoms with Gasteiger partial charge in [-0.15, -0.1) is 0 Å². The van der Waals surface area contributed by atoms with E-state index in [1.165, 1.54) is 6.07 Å². The maximum absolute atomic E-state index is 13.6. The first-order valence-electron chi connectivity index (χ1n) is 4.57. The maximum atomic E-state index is 13.6. The second-order valence-corrected chi connectivity index (χ2v) is 5.05. The topological polar surface area (TPSA) is 26.0 Å². The van der Waals surface area contributed by atoms with Crippen LogP contribution in [-0.2, 0) is 5.41 Å². The molecule has 1 aromatic rings. The highest BCUT2D eigenvalue weighted by atomic mass is 79.9. The molecule has 0 amide bonds. The molecule has 0 aliphatic heterocycles. The quantitative estimate of drug-likeness (QED) is 0.868. The van der Waals surface area contributed by atoms with Crippen LogP contribution in [0.3, 0.4) is 0 Å². The molecule has 0 bridgehead atoms. The highest BCUT2D eigenvalue weighted by Crippen LogP contribution is 2.29. The summed E-state index contributed by atoms with van der Waals surface area (Å²) in [6.07, 6.45) is 0. The van der Waals surface area contributed by atoms with Gasteiger partial charge in [-0.25, -0.2) is 4.39 Å². The molecule has 0 saturated heterocycles. The first kappa shape index (κ1) is 11.7. The lowest BCUT2D eigenvalue weighted by atomic mass is 9.79. The van der Waals surface area contributed by atoms with Gasteiger partial charge in [-0.1, -0.05) is 35.8 Å². The predicted octanol–water partition coefficient (Wildman–Crippen LogP) is 3.21. The van der Waals surface area contributed by atoms with Crippen molar-refractivity contribution in [3.05, 3.63) is 34.1 Å². The number of benzene rings is 1. The summed E-state index contributed by atoms with van der Waals surface area (Å²) in [5.41, 5.74) is 6.15. The largest absolute Gasteiger partial charge is 0.327 e. The number of hydrogen-bond donors (Lipinski definition) is 1. The van der Waals surface area contributed by atoms with Crippen molar-refractivity contribution in [1.29, 1.82) is 0 Å². The van der Waals surface area contributed by atoms with Crippen molar-refractivity contribution in [2.24, 2.45) is 5.73 Å². The van der Waals surface area contributed by atoms with Gasteiger partial charge < -0.3 is 5.73 Å². The van der Waals surface area contributed by atoms with Crippen LogP contribution in [0.4, 0.5) is 4.39 Å². The number of nitrogens with two attached hydrogens (primary N) is 1. The third-order valence-electron chi connectivity index (χ3n) is 2.76. The van der Waals surface area contributed by atoms with Crippen LogP contribution in [0.15, 0.2) is 22.7 Å². The molecule has 3 heteroatoms. The van der Waals surface area contributed by atoms with Gasteiger partial charge >= 0.3 is 0 Å². The molecule has 1 atom stereocenters. The first-order valence-corrected chi connectivity index (χ1v) is 5.36. The van der Waals surface area contributed by atoms with Crippen LogP contribution in [0.2, 0.25) is 0 Å². The van der Waals surface area contributed by atoms with Crippen molar-refractivity contribution in [2.45, 2.75) is 32.2 Å². The van der Waals surface area contributed by atoms with E-state index >= 15 is 0 Å². The molecule has 0 radical (unpaired) electrons. The lowest BCUT2D eigenvalue weighted by molar-refractivity contribution is 0.412. The Balaban J connectivity index is 3.19. The Morgan fingerprint density at radius 3 is 2.43 bits per heavy atom. The van der Waals surface area contributed by atoms with E-state index in [2.05, 4.69) is 15.9 Å². The molecule has 0 saturated carbocycles. The zero-order chi connectivity index (χ0) is 10.9. The second-order valence-electron chi connectivity index (χ2n) is 4.13. The van der Waals surface area contributed by atoms with E-state index in [4.69, 9.17) is 5.73 Å². The van der Waals surface area contributed by atoms with E-state index in [1.807, 2.05) is 26.8 Å². The summed E-state index contributed by atoms with van der Waals surface area (Å²) in [6.45, 7) is 5.79. The minimum Gasteiger partial charge on any atom is -0.327 e. The van der Waals surface area contributed by atoms with Gasteiger partial charge in [0.2, 0.25) is 0 Å². The molecular weight excluding hydrogens is 245 g/mol. The van der Waals surface area contributed by atoms with Crippen molar-refractivity contribution in [3.63, 3.8) is 0 Å². The van der Waals surface area contributed by atoms with E-state index < -0.39 is 0 Å². The van der Waals surface area contributed by atoms with Gasteiger partial charge in [0.15, 0.2) is 0 Å². The van der Waals surface area contributed by atoms with Crippen LogP contribution < -0.4 is 5.73 Å². The molecule has 0 fully saturated rings. The zero-order valence-electron chi connectivity index (χ0n) is 8.64. The SMILES string of the molecule is CC(N)C(C)(C)c1ccc(Br)cc1F. The molecule has 0 spiro atoms. The minimum atomic E-state index is -0.342. The molecule has 0 heterocycles. The molecule has 2 N–H and O–H groups in total. The zero-order valence-corrected chi connectivity index (χ0v) is 10.2. The van der Waals surface area contributed by atoms with Crippen LogP contribution in [0, 0.1) is 5.82 Å². The van der Waals surface area contributed by atoms with Crippen LogP contribution in [0.25, 0.3) is 0 Å². The Labute approximate surface area is 92.6 Å². The smallest absolute Gasteiger partial charge is 0.128 e. The Kier molecular flexibility index (Phi) is 3.32. The Bertz CT molecular complexity index is 334. The summed E-state index contributed by atoms with van der Waals surface area (Å²) in [7, 11) is 0. The summed E-state index contributed by atoms with van der Waals surface area (Å²) in [6, 6.07) is 5.00. The average Bonchev–Trinajstić information content (AvgIpc) is 2.02. The van der Waals surface area contributed by atoms with Gasteiger partial charge in [0, 0.05) is 15.9 Å². The summed E-state index contributed by atoms with van der Waals surface area (Å²) < 4.78 is 14.4. The summed E-state index contributed by atoms with van der Waals surface area (Å²) in [4.78, 5) is 0. The third kappa shape index (κ3) is 2.15. The number of rotatable bonds is 2. The van der Waals surface area contributed by atoms with Crippen LogP contribution in [-0.4, -0.2) is 6.04 Å². The van der Waals surface area contributed by atoms with Crippen molar-refractivity contribution < 1.29 is 4.39 Å². The van der Waals surface area contributed by atoms with E-state index in [9.17, 15) is 4.39 Å². The van der Waals surface area contributed by atoms with E-state index in [0.29, 0.717) is 5.56 Å². The molecule has 1 aromatic carbocycles.